The molecule has 25 heavy (non-hydrogen) atoms. The van der Waals surface area contributed by atoms with Crippen LogP contribution in [0.1, 0.15) is 27.6 Å². The third-order valence-electron chi connectivity index (χ3n) is 3.43. The predicted molar refractivity (Wildman–Crippen MR) is 98.1 cm³/mol. The Kier molecular flexibility index (Phi) is 6.24. The number of benzene rings is 2. The number of ketones is 1. The second kappa shape index (κ2) is 8.39. The second-order valence-corrected chi connectivity index (χ2v) is 6.15. The van der Waals surface area contributed by atoms with Gasteiger partial charge in [-0.3, -0.25) is 19.7 Å². The van der Waals surface area contributed by atoms with Crippen LogP contribution >= 0.6 is 15.9 Å². The van der Waals surface area contributed by atoms with Crippen LogP contribution in [0.25, 0.3) is 0 Å². The van der Waals surface area contributed by atoms with Crippen molar-refractivity contribution in [2.24, 2.45) is 0 Å². The molecule has 0 unspecified atom stereocenters. The van der Waals surface area contributed by atoms with Crippen molar-refractivity contribution >= 4 is 39.0 Å². The fourth-order valence-corrected chi connectivity index (χ4v) is 2.39. The number of hydrogen-bond acceptors (Lipinski definition) is 5. The highest BCUT2D eigenvalue weighted by Gasteiger charge is 2.15. The molecule has 0 aliphatic heterocycles. The van der Waals surface area contributed by atoms with Gasteiger partial charge in [0.25, 0.3) is 11.6 Å². The van der Waals surface area contributed by atoms with E-state index in [-0.39, 0.29) is 22.9 Å². The molecule has 2 aromatic rings. The van der Waals surface area contributed by atoms with Gasteiger partial charge in [0.15, 0.2) is 5.78 Å². The first-order valence-corrected chi connectivity index (χ1v) is 8.25. The Balaban J connectivity index is 1.93. The number of nitro groups is 1. The maximum atomic E-state index is 12.0. The summed E-state index contributed by atoms with van der Waals surface area (Å²) in [6.45, 7) is 1.95. The largest absolute Gasteiger partial charge is 0.378 e. The number of hydrogen-bond donors (Lipinski definition) is 2. The first-order valence-electron chi connectivity index (χ1n) is 7.45. The molecule has 8 heteroatoms. The van der Waals surface area contributed by atoms with E-state index in [0.717, 1.165) is 4.47 Å². The first kappa shape index (κ1) is 18.6. The zero-order valence-corrected chi connectivity index (χ0v) is 15.0. The molecular weight excluding hydrogens is 390 g/mol. The van der Waals surface area contributed by atoms with E-state index >= 15 is 0 Å². The SMILES string of the molecule is CC(=O)c1ccc(NCCNC(=O)c2ccc(Br)cc2)c([N+](=O)[O-])c1. The van der Waals surface area contributed by atoms with Crippen LogP contribution < -0.4 is 10.6 Å². The number of carbonyl (C=O) groups excluding carboxylic acids is 2. The summed E-state index contributed by atoms with van der Waals surface area (Å²) in [5.41, 5.74) is 0.931. The summed E-state index contributed by atoms with van der Waals surface area (Å²) in [4.78, 5) is 33.9. The lowest BCUT2D eigenvalue weighted by molar-refractivity contribution is -0.384. The van der Waals surface area contributed by atoms with Crippen molar-refractivity contribution in [3.8, 4) is 0 Å². The van der Waals surface area contributed by atoms with Crippen molar-refractivity contribution in [3.63, 3.8) is 0 Å². The van der Waals surface area contributed by atoms with E-state index in [4.69, 9.17) is 0 Å². The second-order valence-electron chi connectivity index (χ2n) is 5.23. The number of nitrogens with one attached hydrogen (secondary N) is 2. The number of rotatable bonds is 7. The van der Waals surface area contributed by atoms with Crippen molar-refractivity contribution in [2.45, 2.75) is 6.92 Å². The van der Waals surface area contributed by atoms with Crippen LogP contribution in [0.15, 0.2) is 46.9 Å². The fraction of sp³-hybridized carbons (Fsp3) is 0.176. The Morgan fingerprint density at radius 1 is 1.08 bits per heavy atom. The van der Waals surface area contributed by atoms with Gasteiger partial charge < -0.3 is 10.6 Å². The minimum absolute atomic E-state index is 0.174. The lowest BCUT2D eigenvalue weighted by Crippen LogP contribution is -2.28. The molecule has 2 aromatic carbocycles. The first-order chi connectivity index (χ1) is 11.9. The van der Waals surface area contributed by atoms with Crippen LogP contribution in [0.2, 0.25) is 0 Å². The Morgan fingerprint density at radius 3 is 2.32 bits per heavy atom. The molecule has 0 aliphatic rings. The Bertz CT molecular complexity index is 806. The maximum absolute atomic E-state index is 12.0. The molecule has 2 rings (SSSR count). The van der Waals surface area contributed by atoms with Gasteiger partial charge in [-0.25, -0.2) is 0 Å². The van der Waals surface area contributed by atoms with Gasteiger partial charge in [0.05, 0.1) is 4.92 Å². The molecule has 0 saturated carbocycles. The maximum Gasteiger partial charge on any atom is 0.293 e. The molecule has 7 nitrogen and oxygen atoms in total. The van der Waals surface area contributed by atoms with Crippen LogP contribution in [0.5, 0.6) is 0 Å². The van der Waals surface area contributed by atoms with Crippen LogP contribution in [0, 0.1) is 10.1 Å². The highest BCUT2D eigenvalue weighted by molar-refractivity contribution is 9.10. The predicted octanol–water partition coefficient (Wildman–Crippen LogP) is 3.40. The summed E-state index contributed by atoms with van der Waals surface area (Å²) in [5.74, 6) is -0.466. The Morgan fingerprint density at radius 2 is 1.72 bits per heavy atom. The zero-order valence-electron chi connectivity index (χ0n) is 13.4. The van der Waals surface area contributed by atoms with Crippen molar-refractivity contribution in [3.05, 3.63) is 68.2 Å². The summed E-state index contributed by atoms with van der Waals surface area (Å²) in [5, 5.41) is 16.8. The monoisotopic (exact) mass is 405 g/mol. The van der Waals surface area contributed by atoms with E-state index in [1.54, 1.807) is 24.3 Å². The van der Waals surface area contributed by atoms with Crippen molar-refractivity contribution in [1.29, 1.82) is 0 Å². The van der Waals surface area contributed by atoms with E-state index in [0.29, 0.717) is 24.3 Å². The Hall–Kier alpha value is -2.74. The highest BCUT2D eigenvalue weighted by Crippen LogP contribution is 2.25. The molecule has 0 fully saturated rings. The van der Waals surface area contributed by atoms with Crippen LogP contribution in [0.3, 0.4) is 0 Å². The zero-order chi connectivity index (χ0) is 18.4. The summed E-state index contributed by atoms with van der Waals surface area (Å²) in [7, 11) is 0. The highest BCUT2D eigenvalue weighted by atomic mass is 79.9. The molecule has 0 radical (unpaired) electrons. The van der Waals surface area contributed by atoms with Gasteiger partial charge in [0, 0.05) is 34.8 Å². The van der Waals surface area contributed by atoms with E-state index in [1.165, 1.54) is 25.1 Å². The third-order valence-corrected chi connectivity index (χ3v) is 3.96. The van der Waals surface area contributed by atoms with Gasteiger partial charge in [0.1, 0.15) is 5.69 Å². The van der Waals surface area contributed by atoms with Crippen molar-refractivity contribution in [2.75, 3.05) is 18.4 Å². The van der Waals surface area contributed by atoms with E-state index in [2.05, 4.69) is 26.6 Å². The van der Waals surface area contributed by atoms with Crippen LogP contribution in [-0.4, -0.2) is 29.7 Å². The number of anilines is 1. The molecule has 0 heterocycles. The number of carbonyl (C=O) groups is 2. The van der Waals surface area contributed by atoms with E-state index in [1.807, 2.05) is 0 Å². The average Bonchev–Trinajstić information content (AvgIpc) is 2.58. The molecule has 0 aromatic heterocycles. The topological polar surface area (TPSA) is 101 Å². The summed E-state index contributed by atoms with van der Waals surface area (Å²) >= 11 is 3.30. The molecule has 130 valence electrons. The van der Waals surface area contributed by atoms with E-state index in [9.17, 15) is 19.7 Å². The number of nitrogens with zero attached hydrogens (tertiary/aromatic N) is 1. The minimum Gasteiger partial charge on any atom is -0.378 e. The number of amides is 1. The molecular formula is C17H16BrN3O4. The summed E-state index contributed by atoms with van der Waals surface area (Å²) < 4.78 is 0.882. The molecule has 0 bridgehead atoms. The molecule has 0 aliphatic carbocycles. The third kappa shape index (κ3) is 5.12. The molecule has 0 saturated heterocycles. The summed E-state index contributed by atoms with van der Waals surface area (Å²) in [6, 6.07) is 11.2. The average molecular weight is 406 g/mol. The fourth-order valence-electron chi connectivity index (χ4n) is 2.13. The van der Waals surface area contributed by atoms with Crippen LogP contribution in [-0.2, 0) is 0 Å². The lowest BCUT2D eigenvalue weighted by atomic mass is 10.1. The number of Topliss-reactive ketones (excluding diaryl/α,β-unsaturated/α-hetero) is 1. The smallest absolute Gasteiger partial charge is 0.293 e. The number of nitro benzene ring substituents is 1. The van der Waals surface area contributed by atoms with Crippen LogP contribution in [0.4, 0.5) is 11.4 Å². The molecule has 0 spiro atoms. The molecule has 2 N–H and O–H groups in total. The quantitative estimate of drug-likeness (QED) is 0.318. The number of halogens is 1. The Labute approximate surface area is 152 Å². The molecule has 1 amide bonds. The van der Waals surface area contributed by atoms with Gasteiger partial charge in [-0.1, -0.05) is 15.9 Å². The van der Waals surface area contributed by atoms with Gasteiger partial charge in [0.2, 0.25) is 0 Å². The standard InChI is InChI=1S/C17H16BrN3O4/c1-11(22)13-4-7-15(16(10-13)21(24)25)19-8-9-20-17(23)12-2-5-14(18)6-3-12/h2-7,10,19H,8-9H2,1H3,(H,20,23). The lowest BCUT2D eigenvalue weighted by Gasteiger charge is -2.09. The molecule has 0 atom stereocenters. The normalized spacial score (nSPS) is 10.2. The van der Waals surface area contributed by atoms with E-state index < -0.39 is 4.92 Å². The van der Waals surface area contributed by atoms with Gasteiger partial charge in [-0.05, 0) is 43.3 Å². The van der Waals surface area contributed by atoms with Gasteiger partial charge >= 0.3 is 0 Å². The van der Waals surface area contributed by atoms with Crippen molar-refractivity contribution < 1.29 is 14.5 Å². The summed E-state index contributed by atoms with van der Waals surface area (Å²) in [6.07, 6.45) is 0. The van der Waals surface area contributed by atoms with Crippen molar-refractivity contribution in [1.82, 2.24) is 5.32 Å². The van der Waals surface area contributed by atoms with Gasteiger partial charge in [-0.15, -0.1) is 0 Å². The minimum atomic E-state index is -0.546. The van der Waals surface area contributed by atoms with Gasteiger partial charge in [-0.2, -0.15) is 0 Å².